The number of sulfone groups is 4. The van der Waals surface area contributed by atoms with Crippen LogP contribution in [0.15, 0.2) is 91.0 Å². The van der Waals surface area contributed by atoms with Gasteiger partial charge >= 0.3 is 22.0 Å². The molecule has 0 spiro atoms. The van der Waals surface area contributed by atoms with Crippen molar-refractivity contribution in [3.63, 3.8) is 0 Å². The van der Waals surface area contributed by atoms with Gasteiger partial charge in [0.25, 0.3) is 39.3 Å². The Balaban J connectivity index is 0.000000351. The number of alkyl halides is 12. The second kappa shape index (κ2) is 18.8. The lowest BCUT2D eigenvalue weighted by atomic mass is 9.98. The second-order valence-corrected chi connectivity index (χ2v) is 21.6. The predicted octanol–water partition coefficient (Wildman–Crippen LogP) is 9.06. The summed E-state index contributed by atoms with van der Waals surface area (Å²) in [6, 6.07) is 29.6. The van der Waals surface area contributed by atoms with E-state index in [4.69, 9.17) is 0 Å². The molecule has 0 unspecified atom stereocenters. The third-order valence-electron chi connectivity index (χ3n) is 8.10. The highest BCUT2D eigenvalue weighted by molar-refractivity contribution is 8.11. The molecule has 2 N–H and O–H groups in total. The third-order valence-corrected chi connectivity index (χ3v) is 17.3. The molecular weight excluding hydrogens is 937 g/mol. The lowest BCUT2D eigenvalue weighted by Gasteiger charge is -2.26. The Labute approximate surface area is 341 Å². The van der Waals surface area contributed by atoms with E-state index in [1.54, 1.807) is 6.07 Å². The first-order chi connectivity index (χ1) is 27.5. The molecule has 0 aromatic heterocycles. The summed E-state index contributed by atoms with van der Waals surface area (Å²) < 4.78 is 229. The predicted molar refractivity (Wildman–Crippen MR) is 198 cm³/mol. The summed E-state index contributed by atoms with van der Waals surface area (Å²) in [6.07, 6.45) is -3.11. The van der Waals surface area contributed by atoms with Gasteiger partial charge in [0.05, 0.1) is 0 Å². The molecule has 4 aromatic carbocycles. The number of aromatic hydroxyl groups is 2. The number of aryl methyl sites for hydroxylation is 3. The van der Waals surface area contributed by atoms with Crippen molar-refractivity contribution >= 4 is 39.3 Å². The Bertz CT molecular complexity index is 2420. The zero-order chi connectivity index (χ0) is 47.4. The van der Waals surface area contributed by atoms with Crippen molar-refractivity contribution < 1.29 is 96.6 Å². The average molecular weight is 969 g/mol. The first-order valence-corrected chi connectivity index (χ1v) is 22.6. The molecule has 340 valence electrons. The van der Waals surface area contributed by atoms with Crippen molar-refractivity contribution in [2.24, 2.45) is 0 Å². The largest absolute Gasteiger partial charge is 0.507 e. The SMILES string of the molecule is CCc1cc(C)cc(-c2ccccc2)c1O.Cc1ccc(O)c(-c2ccccc2)c1.O=S(=O)(C(CC(S(=O)(=O)C(F)(F)F)S(=O)(=O)C(F)(F)F)S(=O)(=O)C(F)(F)F)C(F)(F)F. The fourth-order valence-corrected chi connectivity index (χ4v) is 12.5. The van der Waals surface area contributed by atoms with Crippen LogP contribution < -0.4 is 0 Å². The molecular formula is C35H32F12O10S4. The van der Waals surface area contributed by atoms with Crippen LogP contribution in [0.25, 0.3) is 22.3 Å². The van der Waals surface area contributed by atoms with Crippen LogP contribution in [0.2, 0.25) is 0 Å². The van der Waals surface area contributed by atoms with E-state index >= 15 is 0 Å². The molecule has 0 atom stereocenters. The minimum absolute atomic E-state index is 0.335. The van der Waals surface area contributed by atoms with Gasteiger partial charge in [-0.05, 0) is 60.7 Å². The smallest absolute Gasteiger partial charge is 0.498 e. The lowest BCUT2D eigenvalue weighted by Crippen LogP contribution is -2.52. The van der Waals surface area contributed by atoms with Gasteiger partial charge in [0, 0.05) is 17.5 Å². The van der Waals surface area contributed by atoms with Crippen molar-refractivity contribution in [1.82, 2.24) is 0 Å². The maximum atomic E-state index is 12.6. The molecule has 0 aliphatic rings. The minimum atomic E-state index is -7.96. The van der Waals surface area contributed by atoms with E-state index < -0.39 is 77.0 Å². The summed E-state index contributed by atoms with van der Waals surface area (Å²) in [7, 11) is -31.8. The Morgan fingerprint density at radius 2 is 0.803 bits per heavy atom. The molecule has 0 saturated carbocycles. The Kier molecular flexibility index (Phi) is 16.2. The first kappa shape index (κ1) is 52.6. The number of hydrogen-bond donors (Lipinski definition) is 2. The molecule has 0 bridgehead atoms. The molecule has 0 saturated heterocycles. The summed E-state index contributed by atoms with van der Waals surface area (Å²) in [5.74, 6) is 0.751. The molecule has 0 aliphatic carbocycles. The molecule has 0 heterocycles. The van der Waals surface area contributed by atoms with Crippen LogP contribution in [0, 0.1) is 13.8 Å². The van der Waals surface area contributed by atoms with E-state index in [0.717, 1.165) is 39.8 Å². The van der Waals surface area contributed by atoms with Crippen LogP contribution in [0.5, 0.6) is 11.5 Å². The quantitative estimate of drug-likeness (QED) is 0.154. The molecule has 0 amide bonds. The van der Waals surface area contributed by atoms with Gasteiger partial charge in [-0.25, -0.2) is 33.7 Å². The van der Waals surface area contributed by atoms with Crippen LogP contribution in [0.3, 0.4) is 0 Å². The van der Waals surface area contributed by atoms with Gasteiger partial charge in [-0.3, -0.25) is 0 Å². The molecule has 26 heteroatoms. The van der Waals surface area contributed by atoms with E-state index in [0.29, 0.717) is 11.5 Å². The Morgan fingerprint density at radius 1 is 0.475 bits per heavy atom. The summed E-state index contributed by atoms with van der Waals surface area (Å²) in [5.41, 5.74) is -21.2. The zero-order valence-corrected chi connectivity index (χ0v) is 34.3. The van der Waals surface area contributed by atoms with E-state index in [9.17, 15) is 96.6 Å². The molecule has 0 radical (unpaired) electrons. The summed E-state index contributed by atoms with van der Waals surface area (Å²) in [5, 5.41) is 19.9. The van der Waals surface area contributed by atoms with E-state index in [-0.39, 0.29) is 0 Å². The Morgan fingerprint density at radius 3 is 1.13 bits per heavy atom. The number of rotatable bonds is 9. The van der Waals surface area contributed by atoms with Gasteiger partial charge in [-0.2, -0.15) is 52.7 Å². The number of phenolic OH excluding ortho intramolecular Hbond substituents is 2. The lowest BCUT2D eigenvalue weighted by molar-refractivity contribution is -0.0475. The van der Waals surface area contributed by atoms with Crippen molar-refractivity contribution in [1.29, 1.82) is 0 Å². The van der Waals surface area contributed by atoms with Gasteiger partial charge in [0.1, 0.15) is 11.5 Å². The molecule has 4 rings (SSSR count). The standard InChI is InChI=1S/C15H16O.C13H12O.C7H4F12O8S4/c1-3-12-9-11(2)10-14(15(12)16)13-7-5-4-6-8-13;1-10-7-8-13(14)12(9-10)11-5-3-2-4-6-11;8-4(9,10)28(20,21)2(29(22,23)5(11,12)13)1-3(30(24,25)6(14,15)16)31(26,27)7(17,18)19/h4-10,16H,3H2,1-2H3;2-9,14H,1H3;2-3H,1H2. The number of benzene rings is 4. The fraction of sp³-hybridized carbons (Fsp3) is 0.314. The Hall–Kier alpha value is -4.56. The van der Waals surface area contributed by atoms with Crippen molar-refractivity contribution in [3.8, 4) is 33.8 Å². The first-order valence-electron chi connectivity index (χ1n) is 16.4. The van der Waals surface area contributed by atoms with Crippen molar-refractivity contribution in [2.75, 3.05) is 0 Å². The third kappa shape index (κ3) is 12.1. The molecule has 61 heavy (non-hydrogen) atoms. The molecule has 0 fully saturated rings. The average Bonchev–Trinajstić information content (AvgIpc) is 3.12. The minimum Gasteiger partial charge on any atom is -0.507 e. The van der Waals surface area contributed by atoms with Crippen LogP contribution >= 0.6 is 0 Å². The highest BCUT2D eigenvalue weighted by atomic mass is 32.3. The number of phenols is 2. The maximum absolute atomic E-state index is 12.6. The van der Waals surface area contributed by atoms with E-state index in [1.165, 1.54) is 5.56 Å². The summed E-state index contributed by atoms with van der Waals surface area (Å²) >= 11 is 0. The van der Waals surface area contributed by atoms with Gasteiger partial charge < -0.3 is 10.2 Å². The van der Waals surface area contributed by atoms with Crippen LogP contribution in [0.4, 0.5) is 52.7 Å². The molecule has 4 aromatic rings. The van der Waals surface area contributed by atoms with Gasteiger partial charge in [-0.15, -0.1) is 0 Å². The summed E-state index contributed by atoms with van der Waals surface area (Å²) in [4.78, 5) is 0. The highest BCUT2D eigenvalue weighted by Crippen LogP contribution is 2.44. The van der Waals surface area contributed by atoms with E-state index in [1.807, 2.05) is 91.9 Å². The van der Waals surface area contributed by atoms with Crippen LogP contribution in [0.1, 0.15) is 30.0 Å². The van der Waals surface area contributed by atoms with Gasteiger partial charge in [0.2, 0.25) is 0 Å². The monoisotopic (exact) mass is 968 g/mol. The van der Waals surface area contributed by atoms with Crippen LogP contribution in [-0.4, -0.2) is 75.1 Å². The maximum Gasteiger partial charge on any atom is 0.498 e. The number of halogens is 12. The number of hydrogen-bond acceptors (Lipinski definition) is 10. The fourth-order valence-electron chi connectivity index (χ4n) is 5.05. The highest BCUT2D eigenvalue weighted by Gasteiger charge is 2.69. The van der Waals surface area contributed by atoms with Crippen LogP contribution in [-0.2, 0) is 45.8 Å². The molecule has 0 aliphatic heterocycles. The molecule has 10 nitrogen and oxygen atoms in total. The topological polar surface area (TPSA) is 177 Å². The van der Waals surface area contributed by atoms with Crippen molar-refractivity contribution in [2.45, 2.75) is 64.8 Å². The summed E-state index contributed by atoms with van der Waals surface area (Å²) in [6.45, 7) is 6.14. The zero-order valence-electron chi connectivity index (χ0n) is 31.1. The second-order valence-electron chi connectivity index (χ2n) is 12.5. The van der Waals surface area contributed by atoms with Gasteiger partial charge in [-0.1, -0.05) is 85.3 Å². The van der Waals surface area contributed by atoms with Gasteiger partial charge in [0.15, 0.2) is 9.16 Å². The normalized spacial score (nSPS) is 13.3. The van der Waals surface area contributed by atoms with Crippen molar-refractivity contribution in [3.05, 3.63) is 108 Å². The van der Waals surface area contributed by atoms with E-state index in [2.05, 4.69) is 13.8 Å².